The van der Waals surface area contributed by atoms with Gasteiger partial charge in [0, 0.05) is 12.1 Å². The summed E-state index contributed by atoms with van der Waals surface area (Å²) in [6, 6.07) is 12.4. The van der Waals surface area contributed by atoms with Gasteiger partial charge in [0.05, 0.1) is 16.9 Å². The summed E-state index contributed by atoms with van der Waals surface area (Å²) in [5, 5.41) is 10.6. The Morgan fingerprint density at radius 3 is 2.31 bits per heavy atom. The van der Waals surface area contributed by atoms with Gasteiger partial charge in [0.1, 0.15) is 13.2 Å². The van der Waals surface area contributed by atoms with Gasteiger partial charge in [0.2, 0.25) is 10.0 Å². The van der Waals surface area contributed by atoms with Crippen LogP contribution in [0, 0.1) is 17.0 Å². The summed E-state index contributed by atoms with van der Waals surface area (Å²) in [6.45, 7) is 1.18. The lowest BCUT2D eigenvalue weighted by Gasteiger charge is -2.23. The molecule has 2 aromatic carbocycles. The maximum atomic E-state index is 12.1. The molecule has 2 rings (SSSR count). The Balaban J connectivity index is 2.06. The molecule has 8 nitrogen and oxygen atoms in total. The smallest absolute Gasteiger partial charge is 0.327 e. The van der Waals surface area contributed by atoms with Crippen LogP contribution in [-0.2, 0) is 26.2 Å². The maximum absolute atomic E-state index is 12.1. The number of sulfonamides is 1. The number of hydrogen-bond acceptors (Lipinski definition) is 6. The number of para-hydroxylation sites is 1. The number of esters is 1. The fourth-order valence-corrected chi connectivity index (χ4v) is 3.17. The van der Waals surface area contributed by atoms with Crippen molar-refractivity contribution < 1.29 is 22.9 Å². The zero-order valence-corrected chi connectivity index (χ0v) is 15.1. The van der Waals surface area contributed by atoms with Crippen LogP contribution in [0.3, 0.4) is 0 Å². The van der Waals surface area contributed by atoms with Crippen LogP contribution in [0.15, 0.2) is 48.5 Å². The van der Waals surface area contributed by atoms with Gasteiger partial charge in [-0.05, 0) is 36.2 Å². The average molecular weight is 378 g/mol. The lowest BCUT2D eigenvalue weighted by Crippen LogP contribution is -2.36. The second-order valence-corrected chi connectivity index (χ2v) is 7.55. The van der Waals surface area contributed by atoms with Gasteiger partial charge in [-0.2, -0.15) is 0 Å². The predicted octanol–water partition coefficient (Wildman–Crippen LogP) is 2.41. The highest BCUT2D eigenvalue weighted by Crippen LogP contribution is 2.22. The van der Waals surface area contributed by atoms with E-state index < -0.39 is 27.5 Å². The van der Waals surface area contributed by atoms with E-state index in [-0.39, 0.29) is 12.3 Å². The first kappa shape index (κ1) is 19.4. The Bertz CT molecular complexity index is 909. The fourth-order valence-electron chi connectivity index (χ4n) is 2.26. The van der Waals surface area contributed by atoms with Crippen LogP contribution in [0.2, 0.25) is 0 Å². The summed E-state index contributed by atoms with van der Waals surface area (Å²) in [5.74, 6) is -0.725. The third-order valence-corrected chi connectivity index (χ3v) is 4.73. The van der Waals surface area contributed by atoms with E-state index in [1.807, 2.05) is 0 Å². The van der Waals surface area contributed by atoms with Gasteiger partial charge < -0.3 is 4.74 Å². The first-order valence-electron chi connectivity index (χ1n) is 7.61. The molecule has 26 heavy (non-hydrogen) atoms. The minimum Gasteiger partial charge on any atom is -0.459 e. The fraction of sp³-hybridized carbons (Fsp3) is 0.235. The first-order valence-corrected chi connectivity index (χ1v) is 9.45. The molecule has 0 heterocycles. The van der Waals surface area contributed by atoms with E-state index in [9.17, 15) is 23.3 Å². The number of ether oxygens (including phenoxy) is 1. The van der Waals surface area contributed by atoms with Crippen molar-refractivity contribution in [2.24, 2.45) is 0 Å². The molecule has 0 aliphatic heterocycles. The Hall–Kier alpha value is -2.94. The molecule has 0 saturated carbocycles. The monoisotopic (exact) mass is 378 g/mol. The van der Waals surface area contributed by atoms with E-state index >= 15 is 0 Å². The molecule has 0 N–H and O–H groups in total. The molecule has 0 saturated heterocycles. The summed E-state index contributed by atoms with van der Waals surface area (Å²) in [5.41, 5.74) is 1.61. The number of hydrogen-bond donors (Lipinski definition) is 0. The van der Waals surface area contributed by atoms with E-state index in [1.165, 1.54) is 24.3 Å². The molecular formula is C17H18N2O6S. The van der Waals surface area contributed by atoms with Crippen molar-refractivity contribution in [3.05, 3.63) is 69.8 Å². The number of non-ortho nitro benzene ring substituents is 1. The molecule has 0 amide bonds. The summed E-state index contributed by atoms with van der Waals surface area (Å²) in [4.78, 5) is 22.2. The molecule has 0 spiro atoms. The van der Waals surface area contributed by atoms with Crippen LogP contribution in [0.5, 0.6) is 0 Å². The molecular weight excluding hydrogens is 360 g/mol. The van der Waals surface area contributed by atoms with Crippen LogP contribution in [0.25, 0.3) is 0 Å². The van der Waals surface area contributed by atoms with Crippen molar-refractivity contribution >= 4 is 27.4 Å². The quantitative estimate of drug-likeness (QED) is 0.416. The van der Waals surface area contributed by atoms with Crippen molar-refractivity contribution in [1.29, 1.82) is 0 Å². The molecule has 2 aromatic rings. The van der Waals surface area contributed by atoms with E-state index in [0.29, 0.717) is 16.8 Å². The molecule has 0 bridgehead atoms. The zero-order chi connectivity index (χ0) is 19.3. The van der Waals surface area contributed by atoms with E-state index in [4.69, 9.17) is 4.74 Å². The molecule has 0 aliphatic rings. The number of carbonyl (C=O) groups excluding carboxylic acids is 1. The van der Waals surface area contributed by atoms with Gasteiger partial charge in [-0.15, -0.1) is 0 Å². The number of nitro benzene ring substituents is 1. The summed E-state index contributed by atoms with van der Waals surface area (Å²) >= 11 is 0. The Morgan fingerprint density at radius 2 is 1.77 bits per heavy atom. The lowest BCUT2D eigenvalue weighted by molar-refractivity contribution is -0.384. The summed E-state index contributed by atoms with van der Waals surface area (Å²) in [7, 11) is -3.68. The van der Waals surface area contributed by atoms with Gasteiger partial charge in [-0.25, -0.2) is 8.42 Å². The van der Waals surface area contributed by atoms with E-state index in [0.717, 1.165) is 10.6 Å². The van der Waals surface area contributed by atoms with Crippen molar-refractivity contribution in [3.63, 3.8) is 0 Å². The van der Waals surface area contributed by atoms with Gasteiger partial charge in [-0.3, -0.25) is 19.2 Å². The summed E-state index contributed by atoms with van der Waals surface area (Å²) in [6.07, 6.45) is 1.02. The van der Waals surface area contributed by atoms with Crippen molar-refractivity contribution in [3.8, 4) is 0 Å². The zero-order valence-electron chi connectivity index (χ0n) is 14.3. The van der Waals surface area contributed by atoms with Crippen LogP contribution in [0.1, 0.15) is 11.1 Å². The number of nitro groups is 1. The number of rotatable bonds is 7. The average Bonchev–Trinajstić information content (AvgIpc) is 2.58. The molecule has 0 aliphatic carbocycles. The molecule has 0 unspecified atom stereocenters. The van der Waals surface area contributed by atoms with Gasteiger partial charge >= 0.3 is 5.97 Å². The third-order valence-electron chi connectivity index (χ3n) is 3.60. The topological polar surface area (TPSA) is 107 Å². The normalized spacial score (nSPS) is 11.0. The first-order chi connectivity index (χ1) is 12.2. The summed E-state index contributed by atoms with van der Waals surface area (Å²) < 4.78 is 30.2. The second-order valence-electron chi connectivity index (χ2n) is 5.64. The molecule has 0 radical (unpaired) electrons. The number of carbonyl (C=O) groups is 1. The Labute approximate surface area is 151 Å². The molecule has 138 valence electrons. The second kappa shape index (κ2) is 7.96. The number of benzene rings is 2. The maximum Gasteiger partial charge on any atom is 0.327 e. The molecule has 0 fully saturated rings. The Kier molecular flexibility index (Phi) is 5.93. The molecule has 0 atom stereocenters. The Morgan fingerprint density at radius 1 is 1.15 bits per heavy atom. The van der Waals surface area contributed by atoms with Crippen molar-refractivity contribution in [1.82, 2.24) is 0 Å². The predicted molar refractivity (Wildman–Crippen MR) is 96.3 cm³/mol. The highest BCUT2D eigenvalue weighted by Gasteiger charge is 2.23. The van der Waals surface area contributed by atoms with E-state index in [2.05, 4.69) is 0 Å². The van der Waals surface area contributed by atoms with Crippen LogP contribution < -0.4 is 4.31 Å². The SMILES string of the molecule is Cc1ccccc1N(CC(=O)OCc1ccc([N+](=O)[O-])cc1)S(C)(=O)=O. The molecule has 9 heteroatoms. The largest absolute Gasteiger partial charge is 0.459 e. The van der Waals surface area contributed by atoms with Crippen LogP contribution >= 0.6 is 0 Å². The van der Waals surface area contributed by atoms with Crippen LogP contribution in [0.4, 0.5) is 11.4 Å². The van der Waals surface area contributed by atoms with Crippen molar-refractivity contribution in [2.45, 2.75) is 13.5 Å². The lowest BCUT2D eigenvalue weighted by atomic mass is 10.2. The van der Waals surface area contributed by atoms with Crippen molar-refractivity contribution in [2.75, 3.05) is 17.1 Å². The van der Waals surface area contributed by atoms with Gasteiger partial charge in [0.25, 0.3) is 5.69 Å². The molecule has 0 aromatic heterocycles. The highest BCUT2D eigenvalue weighted by molar-refractivity contribution is 7.92. The number of anilines is 1. The standard InChI is InChI=1S/C17H18N2O6S/c1-13-5-3-4-6-16(13)18(26(2,23)24)11-17(20)25-12-14-7-9-15(10-8-14)19(21)22/h3-10H,11-12H2,1-2H3. The van der Waals surface area contributed by atoms with Gasteiger partial charge in [0.15, 0.2) is 0 Å². The van der Waals surface area contributed by atoms with E-state index in [1.54, 1.807) is 31.2 Å². The number of aryl methyl sites for hydroxylation is 1. The minimum absolute atomic E-state index is 0.0668. The minimum atomic E-state index is -3.68. The highest BCUT2D eigenvalue weighted by atomic mass is 32.2. The van der Waals surface area contributed by atoms with Crippen LogP contribution in [-0.4, -0.2) is 32.1 Å². The van der Waals surface area contributed by atoms with Gasteiger partial charge in [-0.1, -0.05) is 18.2 Å². The third kappa shape index (κ3) is 5.03. The number of nitrogens with zero attached hydrogens (tertiary/aromatic N) is 2.